The molecule has 1 aliphatic heterocycles. The van der Waals surface area contributed by atoms with E-state index in [9.17, 15) is 9.90 Å². The molecule has 146 valence electrons. The molecule has 3 aromatic heterocycles. The van der Waals surface area contributed by atoms with Crippen molar-refractivity contribution in [2.75, 3.05) is 19.3 Å². The van der Waals surface area contributed by atoms with E-state index in [1.807, 2.05) is 46.5 Å². The fraction of sp³-hybridized carbons (Fsp3) is 0.190. The number of nitrogens with zero attached hydrogens (tertiary/aromatic N) is 4. The Balaban J connectivity index is 1.52. The van der Waals surface area contributed by atoms with Gasteiger partial charge in [-0.2, -0.15) is 0 Å². The van der Waals surface area contributed by atoms with Gasteiger partial charge in [-0.05, 0) is 29.8 Å². The summed E-state index contributed by atoms with van der Waals surface area (Å²) in [5, 5.41) is 13.7. The minimum absolute atomic E-state index is 0.265. The smallest absolute Gasteiger partial charge is 0.258 e. The summed E-state index contributed by atoms with van der Waals surface area (Å²) in [6, 6.07) is 13.0. The van der Waals surface area contributed by atoms with Gasteiger partial charge in [0.05, 0.1) is 16.7 Å². The summed E-state index contributed by atoms with van der Waals surface area (Å²) in [6.45, 7) is 0.541. The number of amides is 1. The van der Waals surface area contributed by atoms with Crippen molar-refractivity contribution in [1.29, 1.82) is 0 Å². The number of pyridine rings is 1. The number of carbonyl (C=O) groups excluding carboxylic acids is 1. The Morgan fingerprint density at radius 3 is 2.86 bits per heavy atom. The summed E-state index contributed by atoms with van der Waals surface area (Å²) in [5.74, 6) is 0.219. The van der Waals surface area contributed by atoms with Gasteiger partial charge in [0.15, 0.2) is 10.7 Å². The first-order valence-electron chi connectivity index (χ1n) is 9.24. The normalized spacial score (nSPS) is 19.4. The van der Waals surface area contributed by atoms with Gasteiger partial charge in [0.25, 0.3) is 5.91 Å². The molecule has 0 spiro atoms. The zero-order valence-corrected chi connectivity index (χ0v) is 16.6. The van der Waals surface area contributed by atoms with Gasteiger partial charge in [0.2, 0.25) is 0 Å². The van der Waals surface area contributed by atoms with Crippen LogP contribution in [0.4, 0.5) is 5.82 Å². The number of thiazole rings is 1. The second-order valence-corrected chi connectivity index (χ2v) is 8.10. The molecule has 0 aliphatic carbocycles. The number of likely N-dealkylation sites (N-methyl/N-ethyl adjacent to an activating group) is 1. The number of rotatable bonds is 3. The maximum Gasteiger partial charge on any atom is 0.258 e. The molecule has 5 rings (SSSR count). The van der Waals surface area contributed by atoms with Crippen molar-refractivity contribution < 1.29 is 9.90 Å². The second-order valence-electron chi connectivity index (χ2n) is 7.26. The zero-order valence-electron chi connectivity index (χ0n) is 15.7. The number of aliphatic hydroxyl groups is 1. The summed E-state index contributed by atoms with van der Waals surface area (Å²) in [4.78, 5) is 23.1. The van der Waals surface area contributed by atoms with E-state index in [1.165, 1.54) is 11.3 Å². The van der Waals surface area contributed by atoms with Crippen molar-refractivity contribution >= 4 is 34.1 Å². The quantitative estimate of drug-likeness (QED) is 0.546. The van der Waals surface area contributed by atoms with E-state index in [0.717, 1.165) is 27.4 Å². The molecule has 1 amide bonds. The van der Waals surface area contributed by atoms with Crippen LogP contribution in [0.25, 0.3) is 27.4 Å². The van der Waals surface area contributed by atoms with Crippen LogP contribution in [0.1, 0.15) is 12.0 Å². The molecule has 7 nitrogen and oxygen atoms in total. The van der Waals surface area contributed by atoms with E-state index < -0.39 is 5.60 Å². The Morgan fingerprint density at radius 2 is 2.07 bits per heavy atom. The van der Waals surface area contributed by atoms with E-state index in [1.54, 1.807) is 24.1 Å². The Labute approximate surface area is 171 Å². The lowest BCUT2D eigenvalue weighted by Gasteiger charge is -2.21. The highest BCUT2D eigenvalue weighted by Gasteiger charge is 2.45. The van der Waals surface area contributed by atoms with Gasteiger partial charge in [0.1, 0.15) is 5.82 Å². The van der Waals surface area contributed by atoms with Crippen LogP contribution in [-0.4, -0.2) is 44.0 Å². The number of nitrogen functional groups attached to an aromatic ring is 1. The molecular weight excluding hydrogens is 386 g/mol. The highest BCUT2D eigenvalue weighted by Crippen LogP contribution is 2.35. The number of nitrogens with two attached hydrogens (primary N) is 1. The number of hydrogen-bond donors (Lipinski definition) is 2. The molecule has 1 aliphatic rings. The monoisotopic (exact) mass is 405 g/mol. The summed E-state index contributed by atoms with van der Waals surface area (Å²) >= 11 is 1.51. The third kappa shape index (κ3) is 2.80. The Bertz CT molecular complexity index is 1250. The van der Waals surface area contributed by atoms with Gasteiger partial charge in [-0.3, -0.25) is 9.36 Å². The van der Waals surface area contributed by atoms with E-state index in [0.29, 0.717) is 24.3 Å². The van der Waals surface area contributed by atoms with Crippen molar-refractivity contribution in [3.05, 3.63) is 59.6 Å². The van der Waals surface area contributed by atoms with Crippen LogP contribution in [-0.2, 0) is 10.4 Å². The number of aromatic nitrogens is 3. The lowest BCUT2D eigenvalue weighted by Crippen LogP contribution is -2.36. The van der Waals surface area contributed by atoms with Crippen molar-refractivity contribution in [1.82, 2.24) is 19.4 Å². The number of anilines is 1. The lowest BCUT2D eigenvalue weighted by molar-refractivity contribution is -0.143. The molecule has 3 N–H and O–H groups in total. The first kappa shape index (κ1) is 17.8. The van der Waals surface area contributed by atoms with Crippen LogP contribution in [0.3, 0.4) is 0 Å². The molecule has 29 heavy (non-hydrogen) atoms. The van der Waals surface area contributed by atoms with Crippen LogP contribution < -0.4 is 5.73 Å². The van der Waals surface area contributed by atoms with Crippen LogP contribution in [0.2, 0.25) is 0 Å². The van der Waals surface area contributed by atoms with Crippen molar-refractivity contribution in [2.24, 2.45) is 0 Å². The Hall–Kier alpha value is -3.23. The molecule has 8 heteroatoms. The summed E-state index contributed by atoms with van der Waals surface area (Å²) in [7, 11) is 1.71. The lowest BCUT2D eigenvalue weighted by atomic mass is 9.91. The van der Waals surface area contributed by atoms with Crippen molar-refractivity contribution in [3.63, 3.8) is 0 Å². The molecule has 0 unspecified atom stereocenters. The number of likely N-dealkylation sites (tertiary alicyclic amines) is 1. The molecule has 4 aromatic rings. The number of hydrogen-bond acceptors (Lipinski definition) is 6. The first-order valence-corrected chi connectivity index (χ1v) is 10.1. The van der Waals surface area contributed by atoms with Gasteiger partial charge in [-0.25, -0.2) is 9.97 Å². The molecular formula is C21H19N5O2S. The Morgan fingerprint density at radius 1 is 1.21 bits per heavy atom. The van der Waals surface area contributed by atoms with Crippen LogP contribution in [0.15, 0.2) is 54.0 Å². The molecule has 0 bridgehead atoms. The van der Waals surface area contributed by atoms with E-state index in [2.05, 4.69) is 4.98 Å². The maximum absolute atomic E-state index is 12.4. The minimum Gasteiger partial charge on any atom is -0.384 e. The van der Waals surface area contributed by atoms with Crippen LogP contribution in [0, 0.1) is 0 Å². The maximum atomic E-state index is 12.4. The minimum atomic E-state index is -1.47. The van der Waals surface area contributed by atoms with Gasteiger partial charge in [-0.15, -0.1) is 11.3 Å². The van der Waals surface area contributed by atoms with Gasteiger partial charge in [0, 0.05) is 37.2 Å². The fourth-order valence-corrected chi connectivity index (χ4v) is 4.60. The first-order chi connectivity index (χ1) is 14.0. The highest BCUT2D eigenvalue weighted by atomic mass is 32.1. The standard InChI is InChI=1S/C21H19N5O2S/c1-25-10-8-21(28,19(25)27)14-4-2-3-13(11-14)16-12-29-20(24-16)26-9-7-15-17(26)5-6-18(22)23-15/h2-7,9,11-12,28H,8,10H2,1H3,(H2,22,23)/t21-/m1/s1. The average Bonchev–Trinajstić information content (AvgIpc) is 3.43. The number of carbonyl (C=O) groups is 1. The molecule has 1 saturated heterocycles. The molecule has 0 radical (unpaired) electrons. The van der Waals surface area contributed by atoms with Crippen molar-refractivity contribution in [2.45, 2.75) is 12.0 Å². The van der Waals surface area contributed by atoms with Crippen LogP contribution in [0.5, 0.6) is 0 Å². The number of fused-ring (bicyclic) bond motifs is 1. The Kier molecular flexibility index (Phi) is 3.94. The molecule has 1 atom stereocenters. The predicted octanol–water partition coefficient (Wildman–Crippen LogP) is 2.78. The summed E-state index contributed by atoms with van der Waals surface area (Å²) in [6.07, 6.45) is 2.31. The van der Waals surface area contributed by atoms with Gasteiger partial charge >= 0.3 is 0 Å². The summed E-state index contributed by atoms with van der Waals surface area (Å²) < 4.78 is 1.97. The third-order valence-electron chi connectivity index (χ3n) is 5.41. The molecule has 1 fully saturated rings. The zero-order chi connectivity index (χ0) is 20.2. The largest absolute Gasteiger partial charge is 0.384 e. The number of benzene rings is 1. The van der Waals surface area contributed by atoms with Crippen LogP contribution >= 0.6 is 11.3 Å². The van der Waals surface area contributed by atoms with Crippen molar-refractivity contribution in [3.8, 4) is 16.4 Å². The van der Waals surface area contributed by atoms with E-state index in [-0.39, 0.29) is 5.91 Å². The fourth-order valence-electron chi connectivity index (χ4n) is 3.77. The predicted molar refractivity (Wildman–Crippen MR) is 113 cm³/mol. The molecule has 4 heterocycles. The topological polar surface area (TPSA) is 97.3 Å². The highest BCUT2D eigenvalue weighted by molar-refractivity contribution is 7.12. The van der Waals surface area contributed by atoms with Gasteiger partial charge < -0.3 is 15.7 Å². The third-order valence-corrected chi connectivity index (χ3v) is 6.25. The molecule has 0 saturated carbocycles. The molecule has 1 aromatic carbocycles. The van der Waals surface area contributed by atoms with E-state index >= 15 is 0 Å². The SMILES string of the molecule is CN1CC[C@@](O)(c2cccc(-c3csc(-n4ccc5nc(N)ccc54)n3)c2)C1=O. The van der Waals surface area contributed by atoms with Gasteiger partial charge in [-0.1, -0.05) is 18.2 Å². The second kappa shape index (κ2) is 6.40. The average molecular weight is 405 g/mol. The van der Waals surface area contributed by atoms with E-state index in [4.69, 9.17) is 10.7 Å². The summed E-state index contributed by atoms with van der Waals surface area (Å²) in [5.41, 5.74) is 8.30.